The van der Waals surface area contributed by atoms with E-state index in [1.54, 1.807) is 0 Å². The SMILES string of the molecule is CCOCC(C)OCCC(C)(C)C(N)=S. The summed E-state index contributed by atoms with van der Waals surface area (Å²) in [5.41, 5.74) is 5.49. The summed E-state index contributed by atoms with van der Waals surface area (Å²) in [4.78, 5) is 0.545. The average molecular weight is 233 g/mol. The summed E-state index contributed by atoms with van der Waals surface area (Å²) >= 11 is 4.98. The lowest BCUT2D eigenvalue weighted by Crippen LogP contribution is -2.31. The van der Waals surface area contributed by atoms with Crippen LogP contribution in [0.2, 0.25) is 0 Å². The van der Waals surface area contributed by atoms with Gasteiger partial charge >= 0.3 is 0 Å². The number of nitrogens with two attached hydrogens (primary N) is 1. The van der Waals surface area contributed by atoms with Gasteiger partial charge in [0.05, 0.1) is 17.7 Å². The molecule has 0 aliphatic rings. The van der Waals surface area contributed by atoms with Crippen molar-refractivity contribution in [2.75, 3.05) is 19.8 Å². The van der Waals surface area contributed by atoms with Crippen LogP contribution in [0.15, 0.2) is 0 Å². The third-order valence-corrected chi connectivity index (χ3v) is 2.91. The summed E-state index contributed by atoms with van der Waals surface area (Å²) < 4.78 is 10.8. The van der Waals surface area contributed by atoms with Gasteiger partial charge in [0.25, 0.3) is 0 Å². The summed E-state index contributed by atoms with van der Waals surface area (Å²) in [6.45, 7) is 10.1. The summed E-state index contributed by atoms with van der Waals surface area (Å²) in [5, 5.41) is 0. The average Bonchev–Trinajstić information content (AvgIpc) is 2.14. The zero-order valence-electron chi connectivity index (χ0n) is 10.2. The quantitative estimate of drug-likeness (QED) is 0.652. The maximum absolute atomic E-state index is 5.62. The minimum atomic E-state index is -0.124. The van der Waals surface area contributed by atoms with E-state index in [1.807, 2.05) is 27.7 Å². The molecule has 90 valence electrons. The van der Waals surface area contributed by atoms with Gasteiger partial charge in [0.1, 0.15) is 0 Å². The van der Waals surface area contributed by atoms with Crippen LogP contribution in [0.1, 0.15) is 34.1 Å². The maximum atomic E-state index is 5.62. The highest BCUT2D eigenvalue weighted by Crippen LogP contribution is 2.20. The van der Waals surface area contributed by atoms with E-state index in [0.29, 0.717) is 18.2 Å². The Labute approximate surface area is 98.3 Å². The molecule has 2 N–H and O–H groups in total. The first-order valence-electron chi connectivity index (χ1n) is 5.39. The van der Waals surface area contributed by atoms with Gasteiger partial charge in [-0.2, -0.15) is 0 Å². The summed E-state index contributed by atoms with van der Waals surface area (Å²) in [6.07, 6.45) is 0.978. The Morgan fingerprint density at radius 1 is 1.47 bits per heavy atom. The summed E-state index contributed by atoms with van der Waals surface area (Å²) in [7, 11) is 0. The standard InChI is InChI=1S/C11H23NO2S/c1-5-13-8-9(2)14-7-6-11(3,4)10(12)15/h9H,5-8H2,1-4H3,(H2,12,15). The van der Waals surface area contributed by atoms with Crippen LogP contribution >= 0.6 is 12.2 Å². The predicted molar refractivity (Wildman–Crippen MR) is 67.1 cm³/mol. The molecule has 0 aliphatic carbocycles. The van der Waals surface area contributed by atoms with Gasteiger partial charge in [-0.05, 0) is 20.3 Å². The van der Waals surface area contributed by atoms with Crippen molar-refractivity contribution in [2.24, 2.45) is 11.1 Å². The largest absolute Gasteiger partial charge is 0.393 e. The first-order chi connectivity index (χ1) is 6.90. The van der Waals surface area contributed by atoms with Gasteiger partial charge in [-0.3, -0.25) is 0 Å². The van der Waals surface area contributed by atoms with Crippen LogP contribution in [0.4, 0.5) is 0 Å². The molecule has 0 spiro atoms. The monoisotopic (exact) mass is 233 g/mol. The molecule has 0 aromatic rings. The van der Waals surface area contributed by atoms with Crippen molar-refractivity contribution in [2.45, 2.75) is 40.2 Å². The molecule has 1 unspecified atom stereocenters. The zero-order chi connectivity index (χ0) is 11.9. The second kappa shape index (κ2) is 7.14. The molecule has 0 saturated heterocycles. The van der Waals surface area contributed by atoms with Crippen LogP contribution in [0.3, 0.4) is 0 Å². The Hall–Kier alpha value is -0.190. The Bertz CT molecular complexity index is 195. The van der Waals surface area contributed by atoms with Crippen LogP contribution in [-0.2, 0) is 9.47 Å². The number of rotatable bonds is 8. The Balaban J connectivity index is 3.65. The van der Waals surface area contributed by atoms with Crippen LogP contribution in [0.5, 0.6) is 0 Å². The molecule has 0 aromatic heterocycles. The molecule has 0 heterocycles. The van der Waals surface area contributed by atoms with E-state index >= 15 is 0 Å². The molecular formula is C11H23NO2S. The first kappa shape index (κ1) is 14.8. The number of ether oxygens (including phenoxy) is 2. The van der Waals surface area contributed by atoms with Crippen molar-refractivity contribution in [1.29, 1.82) is 0 Å². The van der Waals surface area contributed by atoms with Gasteiger partial charge in [0.15, 0.2) is 0 Å². The zero-order valence-corrected chi connectivity index (χ0v) is 11.0. The van der Waals surface area contributed by atoms with Gasteiger partial charge in [-0.1, -0.05) is 26.1 Å². The van der Waals surface area contributed by atoms with Crippen LogP contribution in [-0.4, -0.2) is 30.9 Å². The topological polar surface area (TPSA) is 44.5 Å². The predicted octanol–water partition coefficient (Wildman–Crippen LogP) is 2.13. The van der Waals surface area contributed by atoms with Gasteiger partial charge in [0.2, 0.25) is 0 Å². The number of hydrogen-bond acceptors (Lipinski definition) is 3. The summed E-state index contributed by atoms with van der Waals surface area (Å²) in [6, 6.07) is 0. The molecule has 0 saturated carbocycles. The first-order valence-corrected chi connectivity index (χ1v) is 5.80. The molecule has 0 rings (SSSR count). The highest BCUT2D eigenvalue weighted by atomic mass is 32.1. The lowest BCUT2D eigenvalue weighted by atomic mass is 9.90. The van der Waals surface area contributed by atoms with Gasteiger partial charge < -0.3 is 15.2 Å². The Morgan fingerprint density at radius 3 is 2.53 bits per heavy atom. The molecule has 1 atom stereocenters. The van der Waals surface area contributed by atoms with Gasteiger partial charge in [0, 0.05) is 18.6 Å². The minimum Gasteiger partial charge on any atom is -0.393 e. The van der Waals surface area contributed by atoms with E-state index in [2.05, 4.69) is 0 Å². The maximum Gasteiger partial charge on any atom is 0.0785 e. The molecule has 0 amide bonds. The van der Waals surface area contributed by atoms with Crippen molar-refractivity contribution in [1.82, 2.24) is 0 Å². The van der Waals surface area contributed by atoms with E-state index in [0.717, 1.165) is 13.0 Å². The van der Waals surface area contributed by atoms with E-state index in [9.17, 15) is 0 Å². The van der Waals surface area contributed by atoms with E-state index in [-0.39, 0.29) is 11.5 Å². The smallest absolute Gasteiger partial charge is 0.0785 e. The molecule has 0 fully saturated rings. The molecular weight excluding hydrogens is 210 g/mol. The van der Waals surface area contributed by atoms with Gasteiger partial charge in [-0.15, -0.1) is 0 Å². The highest BCUT2D eigenvalue weighted by molar-refractivity contribution is 7.80. The molecule has 0 radical (unpaired) electrons. The van der Waals surface area contributed by atoms with E-state index in [1.165, 1.54) is 0 Å². The molecule has 4 heteroatoms. The molecule has 15 heavy (non-hydrogen) atoms. The normalized spacial score (nSPS) is 13.9. The minimum absolute atomic E-state index is 0.124. The van der Waals surface area contributed by atoms with Crippen molar-refractivity contribution in [3.8, 4) is 0 Å². The van der Waals surface area contributed by atoms with Crippen LogP contribution in [0, 0.1) is 5.41 Å². The lowest BCUT2D eigenvalue weighted by Gasteiger charge is -2.23. The van der Waals surface area contributed by atoms with Crippen molar-refractivity contribution in [3.05, 3.63) is 0 Å². The second-order valence-corrected chi connectivity index (χ2v) is 4.78. The van der Waals surface area contributed by atoms with E-state index < -0.39 is 0 Å². The van der Waals surface area contributed by atoms with Crippen LogP contribution in [0.25, 0.3) is 0 Å². The fraction of sp³-hybridized carbons (Fsp3) is 0.909. The Kier molecular flexibility index (Phi) is 7.05. The van der Waals surface area contributed by atoms with Crippen molar-refractivity contribution < 1.29 is 9.47 Å². The van der Waals surface area contributed by atoms with Crippen molar-refractivity contribution in [3.63, 3.8) is 0 Å². The Morgan fingerprint density at radius 2 is 2.07 bits per heavy atom. The van der Waals surface area contributed by atoms with E-state index in [4.69, 9.17) is 27.4 Å². The van der Waals surface area contributed by atoms with Gasteiger partial charge in [-0.25, -0.2) is 0 Å². The third-order valence-electron chi connectivity index (χ3n) is 2.35. The number of hydrogen-bond donors (Lipinski definition) is 1. The lowest BCUT2D eigenvalue weighted by molar-refractivity contribution is -0.00872. The van der Waals surface area contributed by atoms with Crippen LogP contribution < -0.4 is 5.73 Å². The van der Waals surface area contributed by atoms with Crippen molar-refractivity contribution >= 4 is 17.2 Å². The fourth-order valence-electron chi connectivity index (χ4n) is 0.970. The summed E-state index contributed by atoms with van der Waals surface area (Å²) in [5.74, 6) is 0. The molecule has 0 bridgehead atoms. The molecule has 0 aliphatic heterocycles. The molecule has 3 nitrogen and oxygen atoms in total. The molecule has 0 aromatic carbocycles. The third kappa shape index (κ3) is 6.82. The fourth-order valence-corrected chi connectivity index (χ4v) is 1.07. The second-order valence-electron chi connectivity index (χ2n) is 4.34. The number of thiocarbonyl (C=S) groups is 1. The highest BCUT2D eigenvalue weighted by Gasteiger charge is 2.21.